The Kier molecular flexibility index (Phi) is 6.68. The van der Waals surface area contributed by atoms with E-state index in [4.69, 9.17) is 4.74 Å². The van der Waals surface area contributed by atoms with Gasteiger partial charge in [0.25, 0.3) is 0 Å². The average molecular weight is 489 g/mol. The number of likely N-dealkylation sites (tertiary alicyclic amines) is 1. The molecule has 0 aliphatic carbocycles. The van der Waals surface area contributed by atoms with Crippen molar-refractivity contribution in [3.8, 4) is 5.75 Å². The number of para-hydroxylation sites is 1. The topological polar surface area (TPSA) is 89.9 Å². The molecule has 35 heavy (non-hydrogen) atoms. The number of nitrogens with zero attached hydrogens (tertiary/aromatic N) is 2. The van der Waals surface area contributed by atoms with Crippen LogP contribution in [0.5, 0.6) is 5.75 Å². The van der Waals surface area contributed by atoms with Crippen molar-refractivity contribution in [1.29, 1.82) is 0 Å². The Labute approximate surface area is 198 Å². The van der Waals surface area contributed by atoms with Gasteiger partial charge in [-0.05, 0) is 30.2 Å². The molecule has 0 bridgehead atoms. The summed E-state index contributed by atoms with van der Waals surface area (Å²) in [5, 5.41) is 3.14. The molecule has 2 aromatic carbocycles. The Bertz CT molecular complexity index is 1270. The van der Waals surface area contributed by atoms with E-state index in [1.807, 2.05) is 12.1 Å². The van der Waals surface area contributed by atoms with E-state index in [1.54, 1.807) is 18.3 Å². The zero-order chi connectivity index (χ0) is 25.2. The molecular formula is C24H22F3N3O5. The van der Waals surface area contributed by atoms with Crippen LogP contribution in [0.15, 0.2) is 54.7 Å². The molecule has 0 radical (unpaired) electrons. The Hall–Kier alpha value is -4.02. The number of carbonyl (C=O) groups excluding carboxylic acids is 3. The van der Waals surface area contributed by atoms with Crippen molar-refractivity contribution < 1.29 is 37.0 Å². The molecule has 4 rings (SSSR count). The summed E-state index contributed by atoms with van der Waals surface area (Å²) in [6.45, 7) is 1.82. The molecule has 11 heteroatoms. The number of carbonyl (C=O) groups is 3. The van der Waals surface area contributed by atoms with Crippen molar-refractivity contribution in [3.05, 3.63) is 60.3 Å². The first-order chi connectivity index (χ1) is 16.6. The summed E-state index contributed by atoms with van der Waals surface area (Å²) in [7, 11) is 0. The van der Waals surface area contributed by atoms with Gasteiger partial charge in [-0.3, -0.25) is 19.5 Å². The number of anilines is 1. The maximum atomic E-state index is 13.1. The van der Waals surface area contributed by atoms with Gasteiger partial charge in [-0.25, -0.2) is 4.79 Å². The first kappa shape index (κ1) is 24.1. The molecule has 2 amide bonds. The molecule has 3 aromatic rings. The van der Waals surface area contributed by atoms with E-state index < -0.39 is 24.4 Å². The van der Waals surface area contributed by atoms with Gasteiger partial charge in [0.2, 0.25) is 11.8 Å². The molecule has 1 aliphatic heterocycles. The van der Waals surface area contributed by atoms with Crippen LogP contribution in [-0.4, -0.2) is 46.5 Å². The smallest absolute Gasteiger partial charge is 0.425 e. The van der Waals surface area contributed by atoms with Crippen molar-refractivity contribution in [2.45, 2.75) is 38.8 Å². The maximum Gasteiger partial charge on any atom is 0.573 e. The van der Waals surface area contributed by atoms with E-state index >= 15 is 0 Å². The quantitative estimate of drug-likeness (QED) is 0.549. The molecule has 1 N–H and O–H groups in total. The lowest BCUT2D eigenvalue weighted by atomic mass is 10.1. The number of hydrogen-bond acceptors (Lipinski definition) is 5. The Balaban J connectivity index is 1.41. The minimum atomic E-state index is -4.86. The fourth-order valence-electron chi connectivity index (χ4n) is 4.10. The standard InChI is InChI=1S/C24H22F3N3O5/c1-15(31)30-14-16(19-8-2-3-9-20(19)30)12-21(32)29-11-5-10-22(29)34-23(33)28-17-6-4-7-18(13-17)35-24(25,26)27/h2-4,6-9,13-14,22H,5,10-12H2,1H3,(H,28,33)/t22-/m0/s1. The highest BCUT2D eigenvalue weighted by Crippen LogP contribution is 2.27. The van der Waals surface area contributed by atoms with Crippen molar-refractivity contribution in [2.75, 3.05) is 11.9 Å². The lowest BCUT2D eigenvalue weighted by Gasteiger charge is -2.24. The van der Waals surface area contributed by atoms with Gasteiger partial charge < -0.3 is 14.4 Å². The summed E-state index contributed by atoms with van der Waals surface area (Å²) in [5.74, 6) is -0.936. The summed E-state index contributed by atoms with van der Waals surface area (Å²) in [4.78, 5) is 38.8. The van der Waals surface area contributed by atoms with E-state index in [1.165, 1.54) is 28.5 Å². The summed E-state index contributed by atoms with van der Waals surface area (Å²) in [5.41, 5.74) is 1.43. The molecular weight excluding hydrogens is 467 g/mol. The number of alkyl halides is 3. The van der Waals surface area contributed by atoms with E-state index in [9.17, 15) is 27.6 Å². The fourth-order valence-corrected chi connectivity index (χ4v) is 4.10. The molecule has 8 nitrogen and oxygen atoms in total. The number of nitrogens with one attached hydrogen (secondary N) is 1. The highest BCUT2D eigenvalue weighted by molar-refractivity contribution is 5.96. The predicted octanol–water partition coefficient (Wildman–Crippen LogP) is 4.94. The number of ether oxygens (including phenoxy) is 2. The normalized spacial score (nSPS) is 15.8. The van der Waals surface area contributed by atoms with Gasteiger partial charge in [0.15, 0.2) is 6.23 Å². The molecule has 1 aromatic heterocycles. The van der Waals surface area contributed by atoms with Gasteiger partial charge in [0.05, 0.1) is 11.9 Å². The summed E-state index contributed by atoms with van der Waals surface area (Å²) >= 11 is 0. The van der Waals surface area contributed by atoms with Crippen LogP contribution >= 0.6 is 0 Å². The second kappa shape index (κ2) is 9.69. The van der Waals surface area contributed by atoms with E-state index in [0.717, 1.165) is 17.5 Å². The molecule has 1 saturated heterocycles. The molecule has 184 valence electrons. The van der Waals surface area contributed by atoms with Crippen molar-refractivity contribution in [3.63, 3.8) is 0 Å². The number of benzene rings is 2. The minimum absolute atomic E-state index is 0.0130. The first-order valence-corrected chi connectivity index (χ1v) is 10.8. The lowest BCUT2D eigenvalue weighted by Crippen LogP contribution is -2.40. The number of fused-ring (bicyclic) bond motifs is 1. The van der Waals surface area contributed by atoms with Crippen molar-refractivity contribution in [1.82, 2.24) is 9.47 Å². The number of aromatic nitrogens is 1. The zero-order valence-electron chi connectivity index (χ0n) is 18.7. The third-order valence-electron chi connectivity index (χ3n) is 5.55. The molecule has 1 aliphatic rings. The van der Waals surface area contributed by atoms with Crippen LogP contribution in [0, 0.1) is 0 Å². The van der Waals surface area contributed by atoms with Gasteiger partial charge in [0.1, 0.15) is 5.75 Å². The van der Waals surface area contributed by atoms with Crippen LogP contribution < -0.4 is 10.1 Å². The minimum Gasteiger partial charge on any atom is -0.425 e. The van der Waals surface area contributed by atoms with Crippen LogP contribution in [0.3, 0.4) is 0 Å². The number of halogens is 3. The van der Waals surface area contributed by atoms with Gasteiger partial charge >= 0.3 is 12.5 Å². The molecule has 0 unspecified atom stereocenters. The second-order valence-corrected chi connectivity index (χ2v) is 8.03. The predicted molar refractivity (Wildman–Crippen MR) is 120 cm³/mol. The van der Waals surface area contributed by atoms with Gasteiger partial charge in [-0.15, -0.1) is 13.2 Å². The third-order valence-corrected chi connectivity index (χ3v) is 5.55. The van der Waals surface area contributed by atoms with Crippen LogP contribution in [0.1, 0.15) is 30.1 Å². The molecule has 0 saturated carbocycles. The highest BCUT2D eigenvalue weighted by atomic mass is 19.4. The van der Waals surface area contributed by atoms with E-state index in [0.29, 0.717) is 30.5 Å². The summed E-state index contributed by atoms with van der Waals surface area (Å²) < 4.78 is 48.0. The van der Waals surface area contributed by atoms with Crippen LogP contribution in [-0.2, 0) is 16.0 Å². The van der Waals surface area contributed by atoms with E-state index in [2.05, 4.69) is 10.1 Å². The molecule has 2 heterocycles. The largest absolute Gasteiger partial charge is 0.573 e. The zero-order valence-corrected chi connectivity index (χ0v) is 18.7. The maximum absolute atomic E-state index is 13.1. The molecule has 0 spiro atoms. The summed E-state index contributed by atoms with van der Waals surface area (Å²) in [6, 6.07) is 12.0. The van der Waals surface area contributed by atoms with Crippen LogP contribution in [0.2, 0.25) is 0 Å². The van der Waals surface area contributed by atoms with Crippen LogP contribution in [0.25, 0.3) is 10.9 Å². The number of hydrogen-bond donors (Lipinski definition) is 1. The Morgan fingerprint density at radius 1 is 1.11 bits per heavy atom. The first-order valence-electron chi connectivity index (χ1n) is 10.8. The number of rotatable bonds is 5. The third kappa shape index (κ3) is 5.73. The van der Waals surface area contributed by atoms with Crippen LogP contribution in [0.4, 0.5) is 23.7 Å². The fraction of sp³-hybridized carbons (Fsp3) is 0.292. The highest BCUT2D eigenvalue weighted by Gasteiger charge is 2.33. The van der Waals surface area contributed by atoms with Crippen molar-refractivity contribution in [2.24, 2.45) is 0 Å². The van der Waals surface area contributed by atoms with Gasteiger partial charge in [-0.1, -0.05) is 24.3 Å². The summed E-state index contributed by atoms with van der Waals surface area (Å²) in [6.07, 6.45) is -3.90. The second-order valence-electron chi connectivity index (χ2n) is 8.03. The lowest BCUT2D eigenvalue weighted by molar-refractivity contribution is -0.274. The van der Waals surface area contributed by atoms with E-state index in [-0.39, 0.29) is 23.9 Å². The average Bonchev–Trinajstić information content (AvgIpc) is 3.38. The van der Waals surface area contributed by atoms with Gasteiger partial charge in [0, 0.05) is 43.2 Å². The SMILES string of the molecule is CC(=O)n1cc(CC(=O)N2CCC[C@@H]2OC(=O)Nc2cccc(OC(F)(F)F)c2)c2ccccc21. The Morgan fingerprint density at radius 2 is 1.89 bits per heavy atom. The Morgan fingerprint density at radius 3 is 2.63 bits per heavy atom. The van der Waals surface area contributed by atoms with Gasteiger partial charge in [-0.2, -0.15) is 0 Å². The molecule has 1 fully saturated rings. The number of amides is 2. The monoisotopic (exact) mass is 489 g/mol. The van der Waals surface area contributed by atoms with Crippen molar-refractivity contribution >= 4 is 34.5 Å². The molecule has 1 atom stereocenters.